The molecule has 1 aromatic carbocycles. The second-order valence-corrected chi connectivity index (χ2v) is 4.45. The van der Waals surface area contributed by atoms with Crippen LogP contribution in [0.5, 0.6) is 0 Å². The third kappa shape index (κ3) is 1.72. The number of fused-ring (bicyclic) bond motifs is 1. The van der Waals surface area contributed by atoms with Gasteiger partial charge in [0.15, 0.2) is 5.82 Å². The second-order valence-electron chi connectivity index (χ2n) is 4.45. The van der Waals surface area contributed by atoms with E-state index in [1.807, 2.05) is 24.6 Å². The summed E-state index contributed by atoms with van der Waals surface area (Å²) in [5.41, 5.74) is 8.17. The van der Waals surface area contributed by atoms with Gasteiger partial charge < -0.3 is 5.73 Å². The highest BCUT2D eigenvalue weighted by Crippen LogP contribution is 2.21. The molecule has 0 saturated heterocycles. The molecule has 0 fully saturated rings. The molecule has 2 aromatic heterocycles. The number of rotatable bonds is 2. The Kier molecular flexibility index (Phi) is 2.60. The van der Waals surface area contributed by atoms with Crippen LogP contribution in [0.25, 0.3) is 17.2 Å². The smallest absolute Gasteiger partial charge is 0.232 e. The fraction of sp³-hybridized carbons (Fsp3) is 0.231. The molecule has 5 nitrogen and oxygen atoms in total. The summed E-state index contributed by atoms with van der Waals surface area (Å²) in [5, 5.41) is 4.49. The molecular weight excluding hydrogens is 245 g/mol. The van der Waals surface area contributed by atoms with Crippen LogP contribution in [0.3, 0.4) is 0 Å². The maximum Gasteiger partial charge on any atom is 0.232 e. The van der Waals surface area contributed by atoms with Gasteiger partial charge in [-0.15, -0.1) is 5.10 Å². The highest BCUT2D eigenvalue weighted by molar-refractivity contribution is 5.58. The lowest BCUT2D eigenvalue weighted by molar-refractivity contribution is 0.628. The van der Waals surface area contributed by atoms with Crippen molar-refractivity contribution in [3.63, 3.8) is 0 Å². The van der Waals surface area contributed by atoms with Crippen molar-refractivity contribution in [1.82, 2.24) is 19.2 Å². The summed E-state index contributed by atoms with van der Waals surface area (Å²) in [6.07, 6.45) is 0. The van der Waals surface area contributed by atoms with Crippen LogP contribution in [0.1, 0.15) is 11.4 Å². The van der Waals surface area contributed by atoms with Gasteiger partial charge >= 0.3 is 0 Å². The number of aromatic nitrogens is 4. The molecule has 0 bridgehead atoms. The zero-order chi connectivity index (χ0) is 13.6. The summed E-state index contributed by atoms with van der Waals surface area (Å²) in [4.78, 5) is 4.44. The highest BCUT2D eigenvalue weighted by Gasteiger charge is 2.16. The molecule has 2 heterocycles. The molecule has 0 radical (unpaired) electrons. The van der Waals surface area contributed by atoms with E-state index in [0.29, 0.717) is 23.7 Å². The minimum atomic E-state index is -0.284. The average Bonchev–Trinajstić information content (AvgIpc) is 2.86. The third-order valence-electron chi connectivity index (χ3n) is 3.22. The van der Waals surface area contributed by atoms with E-state index in [1.165, 1.54) is 12.1 Å². The molecule has 0 aliphatic carbocycles. The van der Waals surface area contributed by atoms with Crippen LogP contribution in [0, 0.1) is 12.7 Å². The Morgan fingerprint density at radius 3 is 2.84 bits per heavy atom. The van der Waals surface area contributed by atoms with Gasteiger partial charge in [0, 0.05) is 19.2 Å². The number of nitrogens with zero attached hydrogens (tertiary/aromatic N) is 4. The first kappa shape index (κ1) is 11.9. The van der Waals surface area contributed by atoms with Crippen molar-refractivity contribution < 1.29 is 4.39 Å². The van der Waals surface area contributed by atoms with Gasteiger partial charge in [-0.1, -0.05) is 12.1 Å². The van der Waals surface area contributed by atoms with Crippen LogP contribution in [0.4, 0.5) is 4.39 Å². The van der Waals surface area contributed by atoms with Crippen LogP contribution in [-0.4, -0.2) is 19.2 Å². The number of aryl methyl sites for hydroxylation is 2. The molecule has 2 N–H and O–H groups in total. The van der Waals surface area contributed by atoms with E-state index in [-0.39, 0.29) is 5.82 Å². The van der Waals surface area contributed by atoms with Gasteiger partial charge in [0.05, 0.1) is 11.4 Å². The van der Waals surface area contributed by atoms with E-state index < -0.39 is 0 Å². The Balaban J connectivity index is 2.26. The Morgan fingerprint density at radius 1 is 1.37 bits per heavy atom. The lowest BCUT2D eigenvalue weighted by Crippen LogP contribution is -2.03. The predicted octanol–water partition coefficient (Wildman–Crippen LogP) is 1.64. The average molecular weight is 259 g/mol. The van der Waals surface area contributed by atoms with Crippen molar-refractivity contribution in [2.24, 2.45) is 12.8 Å². The van der Waals surface area contributed by atoms with Gasteiger partial charge in [0.1, 0.15) is 5.82 Å². The summed E-state index contributed by atoms with van der Waals surface area (Å²) in [5.74, 6) is 1.09. The van der Waals surface area contributed by atoms with Crippen LogP contribution >= 0.6 is 0 Å². The highest BCUT2D eigenvalue weighted by atomic mass is 19.1. The number of imidazole rings is 1. The summed E-state index contributed by atoms with van der Waals surface area (Å²) < 4.78 is 16.8. The summed E-state index contributed by atoms with van der Waals surface area (Å²) in [7, 11) is 1.86. The Hall–Kier alpha value is -2.21. The monoisotopic (exact) mass is 259 g/mol. The molecule has 19 heavy (non-hydrogen) atoms. The van der Waals surface area contributed by atoms with E-state index in [4.69, 9.17) is 5.73 Å². The Labute approximate surface area is 109 Å². The van der Waals surface area contributed by atoms with Crippen molar-refractivity contribution in [3.8, 4) is 11.4 Å². The number of halogens is 1. The molecule has 0 aliphatic heterocycles. The van der Waals surface area contributed by atoms with Gasteiger partial charge in [0.2, 0.25) is 5.78 Å². The van der Waals surface area contributed by atoms with Crippen molar-refractivity contribution in [1.29, 1.82) is 0 Å². The minimum Gasteiger partial charge on any atom is -0.325 e. The first-order valence-electron chi connectivity index (χ1n) is 5.98. The first-order valence-corrected chi connectivity index (χ1v) is 5.98. The van der Waals surface area contributed by atoms with Crippen LogP contribution in [0.2, 0.25) is 0 Å². The largest absolute Gasteiger partial charge is 0.325 e. The van der Waals surface area contributed by atoms with Gasteiger partial charge in [-0.05, 0) is 19.1 Å². The minimum absolute atomic E-state index is 0.284. The van der Waals surface area contributed by atoms with Crippen molar-refractivity contribution in [2.45, 2.75) is 13.5 Å². The molecular formula is C13H14FN5. The topological polar surface area (TPSA) is 61.1 Å². The standard InChI is InChI=1S/C13H14FN5/c1-8-11(7-15)19-13(16-8)18(2)12(17-19)9-4-3-5-10(14)6-9/h3-6H,7,15H2,1-2H3. The molecule has 6 heteroatoms. The van der Waals surface area contributed by atoms with Gasteiger partial charge in [0.25, 0.3) is 0 Å². The SMILES string of the molecule is Cc1nc2n(C)c(-c3cccc(F)c3)nn2c1CN. The van der Waals surface area contributed by atoms with Crippen molar-refractivity contribution in [3.05, 3.63) is 41.5 Å². The fourth-order valence-electron chi connectivity index (χ4n) is 2.23. The summed E-state index contributed by atoms with van der Waals surface area (Å²) in [6, 6.07) is 6.35. The maximum atomic E-state index is 13.3. The normalized spacial score (nSPS) is 11.4. The van der Waals surface area contributed by atoms with E-state index in [9.17, 15) is 4.39 Å². The maximum absolute atomic E-state index is 13.3. The third-order valence-corrected chi connectivity index (χ3v) is 3.22. The molecule has 0 unspecified atom stereocenters. The second kappa shape index (κ2) is 4.17. The molecule has 98 valence electrons. The van der Waals surface area contributed by atoms with E-state index >= 15 is 0 Å². The van der Waals surface area contributed by atoms with E-state index in [0.717, 1.165) is 11.4 Å². The molecule has 0 saturated carbocycles. The van der Waals surface area contributed by atoms with Gasteiger partial charge in [-0.25, -0.2) is 9.37 Å². The van der Waals surface area contributed by atoms with E-state index in [2.05, 4.69) is 10.1 Å². The van der Waals surface area contributed by atoms with Crippen LogP contribution in [0.15, 0.2) is 24.3 Å². The van der Waals surface area contributed by atoms with Crippen molar-refractivity contribution >= 4 is 5.78 Å². The number of benzene rings is 1. The van der Waals surface area contributed by atoms with E-state index in [1.54, 1.807) is 10.6 Å². The molecule has 0 amide bonds. The van der Waals surface area contributed by atoms with Crippen molar-refractivity contribution in [2.75, 3.05) is 0 Å². The lowest BCUT2D eigenvalue weighted by Gasteiger charge is -2.00. The summed E-state index contributed by atoms with van der Waals surface area (Å²) >= 11 is 0. The Morgan fingerprint density at radius 2 is 2.16 bits per heavy atom. The molecule has 0 spiro atoms. The number of nitrogens with two attached hydrogens (primary N) is 1. The number of hydrogen-bond acceptors (Lipinski definition) is 3. The summed E-state index contributed by atoms with van der Waals surface area (Å²) in [6.45, 7) is 2.27. The Bertz CT molecular complexity index is 756. The predicted molar refractivity (Wildman–Crippen MR) is 70.0 cm³/mol. The lowest BCUT2D eigenvalue weighted by atomic mass is 10.2. The van der Waals surface area contributed by atoms with Crippen LogP contribution in [-0.2, 0) is 13.6 Å². The molecule has 3 aromatic rings. The van der Waals surface area contributed by atoms with Gasteiger partial charge in [-0.3, -0.25) is 4.57 Å². The molecule has 0 atom stereocenters. The zero-order valence-electron chi connectivity index (χ0n) is 10.8. The molecule has 3 rings (SSSR count). The quantitative estimate of drug-likeness (QED) is 0.761. The number of hydrogen-bond donors (Lipinski definition) is 1. The zero-order valence-corrected chi connectivity index (χ0v) is 10.8. The first-order chi connectivity index (χ1) is 9.11. The van der Waals surface area contributed by atoms with Gasteiger partial charge in [-0.2, -0.15) is 4.52 Å². The van der Waals surface area contributed by atoms with Crippen LogP contribution < -0.4 is 5.73 Å². The molecule has 0 aliphatic rings. The fourth-order valence-corrected chi connectivity index (χ4v) is 2.23.